The molecule has 0 bridgehead atoms. The molecule has 0 saturated heterocycles. The highest BCUT2D eigenvalue weighted by atomic mass is 32.2. The van der Waals surface area contributed by atoms with Crippen LogP contribution in [0.2, 0.25) is 0 Å². The number of rotatable bonds is 9. The second kappa shape index (κ2) is 9.80. The number of methoxy groups -OCH3 is 1. The molecule has 0 aliphatic carbocycles. The largest absolute Gasteiger partial charge is 0.497 e. The molecule has 0 aliphatic heterocycles. The Morgan fingerprint density at radius 3 is 2.71 bits per heavy atom. The van der Waals surface area contributed by atoms with Gasteiger partial charge in [-0.3, -0.25) is 4.79 Å². The lowest BCUT2D eigenvalue weighted by Crippen LogP contribution is -2.13. The van der Waals surface area contributed by atoms with Crippen molar-refractivity contribution in [1.82, 2.24) is 10.2 Å². The van der Waals surface area contributed by atoms with Gasteiger partial charge < -0.3 is 19.2 Å². The Bertz CT molecular complexity index is 912. The van der Waals surface area contributed by atoms with Crippen LogP contribution in [-0.4, -0.2) is 29.0 Å². The van der Waals surface area contributed by atoms with Crippen molar-refractivity contribution in [3.63, 3.8) is 0 Å². The molecule has 1 heterocycles. The van der Waals surface area contributed by atoms with E-state index in [-0.39, 0.29) is 18.3 Å². The molecule has 146 valence electrons. The summed E-state index contributed by atoms with van der Waals surface area (Å²) in [5, 5.41) is 11.0. The van der Waals surface area contributed by atoms with Gasteiger partial charge in [0.2, 0.25) is 5.91 Å². The molecule has 0 unspecified atom stereocenters. The number of carbonyl (C=O) groups excluding carboxylic acids is 1. The summed E-state index contributed by atoms with van der Waals surface area (Å²) in [4.78, 5) is 12.1. The van der Waals surface area contributed by atoms with Crippen molar-refractivity contribution < 1.29 is 18.7 Å². The lowest BCUT2D eigenvalue weighted by atomic mass is 10.2. The van der Waals surface area contributed by atoms with Crippen molar-refractivity contribution in [3.8, 4) is 11.5 Å². The Morgan fingerprint density at radius 2 is 1.96 bits per heavy atom. The van der Waals surface area contributed by atoms with E-state index in [9.17, 15) is 4.79 Å². The van der Waals surface area contributed by atoms with Gasteiger partial charge in [-0.15, -0.1) is 10.2 Å². The molecule has 0 aliphatic rings. The Labute approximate surface area is 167 Å². The Morgan fingerprint density at radius 1 is 1.14 bits per heavy atom. The summed E-state index contributed by atoms with van der Waals surface area (Å²) in [6, 6.07) is 15.0. The van der Waals surface area contributed by atoms with Crippen molar-refractivity contribution in [2.45, 2.75) is 25.2 Å². The number of nitrogens with one attached hydrogen (secondary N) is 1. The van der Waals surface area contributed by atoms with E-state index in [2.05, 4.69) is 22.4 Å². The number of hydrogen-bond acceptors (Lipinski definition) is 7. The number of ether oxygens (including phenoxy) is 2. The van der Waals surface area contributed by atoms with Crippen molar-refractivity contribution in [2.24, 2.45) is 0 Å². The van der Waals surface area contributed by atoms with Crippen molar-refractivity contribution in [2.75, 3.05) is 18.2 Å². The van der Waals surface area contributed by atoms with Crippen LogP contribution < -0.4 is 14.8 Å². The average Bonchev–Trinajstić information content (AvgIpc) is 3.19. The summed E-state index contributed by atoms with van der Waals surface area (Å²) in [5.74, 6) is 1.75. The van der Waals surface area contributed by atoms with Crippen molar-refractivity contribution in [3.05, 3.63) is 60.0 Å². The van der Waals surface area contributed by atoms with Gasteiger partial charge >= 0.3 is 0 Å². The van der Waals surface area contributed by atoms with Crippen molar-refractivity contribution in [1.29, 1.82) is 0 Å². The zero-order chi connectivity index (χ0) is 19.8. The first-order valence-electron chi connectivity index (χ1n) is 8.77. The molecular weight excluding hydrogens is 378 g/mol. The molecule has 0 radical (unpaired) electrons. The van der Waals surface area contributed by atoms with E-state index < -0.39 is 0 Å². The minimum atomic E-state index is -0.176. The highest BCUT2D eigenvalue weighted by Crippen LogP contribution is 2.20. The van der Waals surface area contributed by atoms with Crippen LogP contribution in [0.3, 0.4) is 0 Å². The normalized spacial score (nSPS) is 10.5. The van der Waals surface area contributed by atoms with E-state index in [1.165, 1.54) is 17.3 Å². The van der Waals surface area contributed by atoms with Gasteiger partial charge in [0.05, 0.1) is 12.9 Å². The van der Waals surface area contributed by atoms with Gasteiger partial charge in [-0.2, -0.15) is 0 Å². The first-order chi connectivity index (χ1) is 13.7. The van der Waals surface area contributed by atoms with Gasteiger partial charge in [-0.25, -0.2) is 0 Å². The van der Waals surface area contributed by atoms with Crippen LogP contribution in [0.5, 0.6) is 11.5 Å². The van der Waals surface area contributed by atoms with E-state index in [4.69, 9.17) is 13.9 Å². The van der Waals surface area contributed by atoms with Crippen LogP contribution in [0.1, 0.15) is 18.4 Å². The summed E-state index contributed by atoms with van der Waals surface area (Å²) < 4.78 is 16.3. The standard InChI is InChI=1S/C20H21N3O4S/c1-3-14-7-9-16(10-8-14)26-12-19-22-23-20(27-19)28-13-18(24)21-15-5-4-6-17(11-15)25-2/h4-11H,3,12-13H2,1-2H3,(H,21,24). The predicted molar refractivity (Wildman–Crippen MR) is 107 cm³/mol. The second-order valence-corrected chi connectivity index (χ2v) is 6.74. The van der Waals surface area contributed by atoms with Crippen LogP contribution in [0.4, 0.5) is 5.69 Å². The summed E-state index contributed by atoms with van der Waals surface area (Å²) in [6.45, 7) is 2.28. The first kappa shape index (κ1) is 19.8. The van der Waals surface area contributed by atoms with E-state index in [0.29, 0.717) is 22.6 Å². The Kier molecular flexibility index (Phi) is 6.91. The summed E-state index contributed by atoms with van der Waals surface area (Å²) >= 11 is 1.17. The zero-order valence-electron chi connectivity index (χ0n) is 15.7. The minimum absolute atomic E-state index is 0.151. The molecule has 1 aromatic heterocycles. The second-order valence-electron chi connectivity index (χ2n) is 5.82. The molecule has 0 saturated carbocycles. The van der Waals surface area contributed by atoms with Gasteiger partial charge in [-0.1, -0.05) is 36.9 Å². The van der Waals surface area contributed by atoms with E-state index in [1.54, 1.807) is 19.2 Å². The minimum Gasteiger partial charge on any atom is -0.497 e. The lowest BCUT2D eigenvalue weighted by molar-refractivity contribution is -0.113. The number of hydrogen-bond donors (Lipinski definition) is 1. The topological polar surface area (TPSA) is 86.5 Å². The maximum Gasteiger partial charge on any atom is 0.277 e. The van der Waals surface area contributed by atoms with E-state index >= 15 is 0 Å². The van der Waals surface area contributed by atoms with Crippen LogP contribution >= 0.6 is 11.8 Å². The maximum absolute atomic E-state index is 12.1. The quantitative estimate of drug-likeness (QED) is 0.545. The summed E-state index contributed by atoms with van der Waals surface area (Å²) in [7, 11) is 1.58. The fraction of sp³-hybridized carbons (Fsp3) is 0.250. The molecule has 0 atom stereocenters. The average molecular weight is 399 g/mol. The Hall–Kier alpha value is -3.00. The molecule has 28 heavy (non-hydrogen) atoms. The van der Waals surface area contributed by atoms with Crippen LogP contribution in [0.15, 0.2) is 58.2 Å². The number of amides is 1. The van der Waals surface area contributed by atoms with E-state index in [0.717, 1.165) is 12.2 Å². The third-order valence-electron chi connectivity index (χ3n) is 3.82. The molecule has 7 nitrogen and oxygen atoms in total. The smallest absolute Gasteiger partial charge is 0.277 e. The molecular formula is C20H21N3O4S. The van der Waals surface area contributed by atoms with Crippen LogP contribution in [-0.2, 0) is 17.8 Å². The number of anilines is 1. The molecule has 0 spiro atoms. The number of benzene rings is 2. The molecule has 3 rings (SSSR count). The molecule has 0 fully saturated rings. The molecule has 1 N–H and O–H groups in total. The number of nitrogens with zero attached hydrogens (tertiary/aromatic N) is 2. The molecule has 1 amide bonds. The summed E-state index contributed by atoms with van der Waals surface area (Å²) in [5.41, 5.74) is 1.91. The number of carbonyl (C=O) groups is 1. The molecule has 2 aromatic carbocycles. The van der Waals surface area contributed by atoms with Crippen LogP contribution in [0, 0.1) is 0 Å². The number of aryl methyl sites for hydroxylation is 1. The van der Waals surface area contributed by atoms with E-state index in [1.807, 2.05) is 36.4 Å². The molecule has 3 aromatic rings. The Balaban J connectivity index is 1.45. The third kappa shape index (κ3) is 5.75. The highest BCUT2D eigenvalue weighted by Gasteiger charge is 2.11. The third-order valence-corrected chi connectivity index (χ3v) is 4.64. The SMILES string of the molecule is CCc1ccc(OCc2nnc(SCC(=O)Nc3cccc(OC)c3)o2)cc1. The predicted octanol–water partition coefficient (Wildman–Crippen LogP) is 3.95. The van der Waals surface area contributed by atoms with Crippen LogP contribution in [0.25, 0.3) is 0 Å². The van der Waals surface area contributed by atoms with Gasteiger partial charge in [0, 0.05) is 11.8 Å². The number of aromatic nitrogens is 2. The fourth-order valence-corrected chi connectivity index (χ4v) is 2.93. The highest BCUT2D eigenvalue weighted by molar-refractivity contribution is 7.99. The van der Waals surface area contributed by atoms with Gasteiger partial charge in [-0.05, 0) is 36.2 Å². The van der Waals surface area contributed by atoms with Gasteiger partial charge in [0.15, 0.2) is 6.61 Å². The zero-order valence-corrected chi connectivity index (χ0v) is 16.5. The van der Waals surface area contributed by atoms with Crippen molar-refractivity contribution >= 4 is 23.4 Å². The first-order valence-corrected chi connectivity index (χ1v) is 9.75. The van der Waals surface area contributed by atoms with Gasteiger partial charge in [0.1, 0.15) is 11.5 Å². The molecule has 8 heteroatoms. The fourth-order valence-electron chi connectivity index (χ4n) is 2.35. The lowest BCUT2D eigenvalue weighted by Gasteiger charge is -2.06. The van der Waals surface area contributed by atoms with Gasteiger partial charge in [0.25, 0.3) is 11.1 Å². The summed E-state index contributed by atoms with van der Waals surface area (Å²) in [6.07, 6.45) is 0.982. The monoisotopic (exact) mass is 399 g/mol. The maximum atomic E-state index is 12.1. The number of thioether (sulfide) groups is 1.